The number of aryl methyl sites for hydroxylation is 1. The predicted molar refractivity (Wildman–Crippen MR) is 93.9 cm³/mol. The van der Waals surface area contributed by atoms with Crippen molar-refractivity contribution in [2.45, 2.75) is 51.6 Å². The van der Waals surface area contributed by atoms with E-state index >= 15 is 0 Å². The summed E-state index contributed by atoms with van der Waals surface area (Å²) in [7, 11) is 0. The highest BCUT2D eigenvalue weighted by Gasteiger charge is 2.32. The molecule has 1 saturated carbocycles. The van der Waals surface area contributed by atoms with E-state index in [0.29, 0.717) is 6.04 Å². The molecule has 1 aliphatic carbocycles. The zero-order valence-corrected chi connectivity index (χ0v) is 14.1. The van der Waals surface area contributed by atoms with Gasteiger partial charge >= 0.3 is 0 Å². The SMILES string of the molecule is Cc1cc(N2Cc3ccccc3C(C)(C)C2)nc(NC2CC2)n1. The summed E-state index contributed by atoms with van der Waals surface area (Å²) < 4.78 is 0. The van der Waals surface area contributed by atoms with E-state index in [1.54, 1.807) is 0 Å². The third kappa shape index (κ3) is 2.90. The summed E-state index contributed by atoms with van der Waals surface area (Å²) in [6, 6.07) is 11.4. The quantitative estimate of drug-likeness (QED) is 0.939. The molecule has 2 aromatic rings. The van der Waals surface area contributed by atoms with Crippen molar-refractivity contribution in [3.63, 3.8) is 0 Å². The highest BCUT2D eigenvalue weighted by atomic mass is 15.2. The largest absolute Gasteiger partial charge is 0.351 e. The zero-order chi connectivity index (χ0) is 16.0. The van der Waals surface area contributed by atoms with Gasteiger partial charge in [0.2, 0.25) is 5.95 Å². The highest BCUT2D eigenvalue weighted by Crippen LogP contribution is 2.35. The molecule has 1 aromatic carbocycles. The molecule has 1 aliphatic heterocycles. The summed E-state index contributed by atoms with van der Waals surface area (Å²) in [5.74, 6) is 1.81. The lowest BCUT2D eigenvalue weighted by Crippen LogP contribution is -2.42. The van der Waals surface area contributed by atoms with Gasteiger partial charge in [0.05, 0.1) is 0 Å². The Hall–Kier alpha value is -2.10. The summed E-state index contributed by atoms with van der Waals surface area (Å²) in [6.45, 7) is 8.57. The number of nitrogens with zero attached hydrogens (tertiary/aromatic N) is 3. The number of aromatic nitrogens is 2. The van der Waals surface area contributed by atoms with Crippen LogP contribution in [-0.4, -0.2) is 22.6 Å². The molecule has 0 saturated heterocycles. The van der Waals surface area contributed by atoms with Crippen molar-refractivity contribution in [2.24, 2.45) is 0 Å². The van der Waals surface area contributed by atoms with Crippen molar-refractivity contribution < 1.29 is 0 Å². The standard InChI is InChI=1S/C19H24N4/c1-13-10-17(22-18(20-13)21-15-8-9-15)23-11-14-6-4-5-7-16(14)19(2,3)12-23/h4-7,10,15H,8-9,11-12H2,1-3H3,(H,20,21,22). The minimum absolute atomic E-state index is 0.123. The van der Waals surface area contributed by atoms with E-state index in [2.05, 4.69) is 59.4 Å². The Labute approximate surface area is 138 Å². The van der Waals surface area contributed by atoms with Gasteiger partial charge in [-0.15, -0.1) is 0 Å². The van der Waals surface area contributed by atoms with Crippen LogP contribution >= 0.6 is 0 Å². The molecule has 4 heteroatoms. The van der Waals surface area contributed by atoms with Crippen LogP contribution < -0.4 is 10.2 Å². The van der Waals surface area contributed by atoms with Crippen molar-refractivity contribution in [2.75, 3.05) is 16.8 Å². The van der Waals surface area contributed by atoms with Gasteiger partial charge in [-0.25, -0.2) is 4.98 Å². The van der Waals surface area contributed by atoms with E-state index in [1.807, 2.05) is 6.92 Å². The first kappa shape index (κ1) is 14.5. The third-order valence-corrected chi connectivity index (χ3v) is 4.77. The van der Waals surface area contributed by atoms with Crippen LogP contribution in [0.15, 0.2) is 30.3 Å². The monoisotopic (exact) mass is 308 g/mol. The van der Waals surface area contributed by atoms with Gasteiger partial charge in [0.15, 0.2) is 0 Å². The third-order valence-electron chi connectivity index (χ3n) is 4.77. The van der Waals surface area contributed by atoms with Gasteiger partial charge in [-0.1, -0.05) is 38.1 Å². The highest BCUT2D eigenvalue weighted by molar-refractivity contribution is 5.50. The van der Waals surface area contributed by atoms with Gasteiger partial charge in [0.25, 0.3) is 0 Å². The Morgan fingerprint density at radius 2 is 1.96 bits per heavy atom. The molecule has 120 valence electrons. The molecular formula is C19H24N4. The Bertz CT molecular complexity index is 734. The number of hydrogen-bond acceptors (Lipinski definition) is 4. The van der Waals surface area contributed by atoms with E-state index in [4.69, 9.17) is 4.98 Å². The molecule has 0 atom stereocenters. The van der Waals surface area contributed by atoms with E-state index in [9.17, 15) is 0 Å². The molecule has 4 rings (SSSR count). The smallest absolute Gasteiger partial charge is 0.225 e. The lowest BCUT2D eigenvalue weighted by Gasteiger charge is -2.40. The maximum atomic E-state index is 4.78. The topological polar surface area (TPSA) is 41.1 Å². The summed E-state index contributed by atoms with van der Waals surface area (Å²) in [6.07, 6.45) is 2.47. The van der Waals surface area contributed by atoms with E-state index in [1.165, 1.54) is 24.0 Å². The Balaban J connectivity index is 1.67. The molecule has 0 amide bonds. The van der Waals surface area contributed by atoms with Crippen molar-refractivity contribution >= 4 is 11.8 Å². The van der Waals surface area contributed by atoms with Crippen molar-refractivity contribution in [3.05, 3.63) is 47.2 Å². The Kier molecular flexibility index (Phi) is 3.29. The molecule has 1 N–H and O–H groups in total. The fourth-order valence-electron chi connectivity index (χ4n) is 3.49. The second-order valence-corrected chi connectivity index (χ2v) is 7.51. The molecule has 0 bridgehead atoms. The van der Waals surface area contributed by atoms with E-state index < -0.39 is 0 Å². The predicted octanol–water partition coefficient (Wildman–Crippen LogP) is 3.66. The second-order valence-electron chi connectivity index (χ2n) is 7.51. The number of fused-ring (bicyclic) bond motifs is 1. The Morgan fingerprint density at radius 3 is 2.74 bits per heavy atom. The van der Waals surface area contributed by atoms with Gasteiger partial charge in [0.1, 0.15) is 5.82 Å². The molecular weight excluding hydrogens is 284 g/mol. The lowest BCUT2D eigenvalue weighted by atomic mass is 9.78. The van der Waals surface area contributed by atoms with E-state index in [-0.39, 0.29) is 5.41 Å². The van der Waals surface area contributed by atoms with Crippen LogP contribution in [0.4, 0.5) is 11.8 Å². The molecule has 0 radical (unpaired) electrons. The van der Waals surface area contributed by atoms with Crippen molar-refractivity contribution in [1.29, 1.82) is 0 Å². The molecule has 1 aromatic heterocycles. The van der Waals surface area contributed by atoms with Gasteiger partial charge in [-0.05, 0) is 30.9 Å². The molecule has 2 heterocycles. The zero-order valence-electron chi connectivity index (χ0n) is 14.1. The first-order valence-corrected chi connectivity index (χ1v) is 8.47. The van der Waals surface area contributed by atoms with Gasteiger partial charge < -0.3 is 10.2 Å². The fourth-order valence-corrected chi connectivity index (χ4v) is 3.49. The summed E-state index contributed by atoms with van der Waals surface area (Å²) >= 11 is 0. The maximum absolute atomic E-state index is 4.78. The second kappa shape index (κ2) is 5.22. The molecule has 2 aliphatic rings. The number of rotatable bonds is 3. The molecule has 0 unspecified atom stereocenters. The number of benzene rings is 1. The molecule has 4 nitrogen and oxygen atoms in total. The van der Waals surface area contributed by atoms with Crippen molar-refractivity contribution in [3.8, 4) is 0 Å². The van der Waals surface area contributed by atoms with Gasteiger partial charge in [-0.2, -0.15) is 4.98 Å². The summed E-state index contributed by atoms with van der Waals surface area (Å²) in [4.78, 5) is 11.7. The summed E-state index contributed by atoms with van der Waals surface area (Å²) in [5, 5.41) is 3.43. The number of anilines is 2. The molecule has 23 heavy (non-hydrogen) atoms. The van der Waals surface area contributed by atoms with Crippen LogP contribution in [0.1, 0.15) is 43.5 Å². The number of nitrogens with one attached hydrogen (secondary N) is 1. The van der Waals surface area contributed by atoms with Crippen LogP contribution in [-0.2, 0) is 12.0 Å². The lowest BCUT2D eigenvalue weighted by molar-refractivity contribution is 0.474. The van der Waals surface area contributed by atoms with Crippen LogP contribution in [0.3, 0.4) is 0 Å². The van der Waals surface area contributed by atoms with Gasteiger partial charge in [0, 0.05) is 36.3 Å². The number of hydrogen-bond donors (Lipinski definition) is 1. The average Bonchev–Trinajstić information content (AvgIpc) is 3.30. The minimum atomic E-state index is 0.123. The van der Waals surface area contributed by atoms with E-state index in [0.717, 1.165) is 30.5 Å². The molecule has 0 spiro atoms. The average molecular weight is 308 g/mol. The van der Waals surface area contributed by atoms with Crippen LogP contribution in [0.5, 0.6) is 0 Å². The molecule has 1 fully saturated rings. The Morgan fingerprint density at radius 1 is 1.17 bits per heavy atom. The maximum Gasteiger partial charge on any atom is 0.225 e. The van der Waals surface area contributed by atoms with Crippen LogP contribution in [0.2, 0.25) is 0 Å². The first-order chi connectivity index (χ1) is 11.0. The van der Waals surface area contributed by atoms with Crippen molar-refractivity contribution in [1.82, 2.24) is 9.97 Å². The van der Waals surface area contributed by atoms with Crippen LogP contribution in [0.25, 0.3) is 0 Å². The first-order valence-electron chi connectivity index (χ1n) is 8.47. The van der Waals surface area contributed by atoms with Gasteiger partial charge in [-0.3, -0.25) is 0 Å². The fraction of sp³-hybridized carbons (Fsp3) is 0.474. The summed E-state index contributed by atoms with van der Waals surface area (Å²) in [5.41, 5.74) is 4.00. The normalized spacial score (nSPS) is 19.3. The van der Waals surface area contributed by atoms with Crippen LogP contribution in [0, 0.1) is 6.92 Å². The minimum Gasteiger partial charge on any atom is -0.351 e.